The van der Waals surface area contributed by atoms with Gasteiger partial charge in [-0.1, -0.05) is 0 Å². The number of ether oxygens (including phenoxy) is 1. The minimum Gasteiger partial charge on any atom is -0.390 e. The minimum absolute atomic E-state index is 0.285. The van der Waals surface area contributed by atoms with Crippen LogP contribution in [0.2, 0.25) is 0 Å². The van der Waals surface area contributed by atoms with Crippen LogP contribution in [0.4, 0.5) is 5.95 Å². The van der Waals surface area contributed by atoms with Crippen molar-refractivity contribution in [3.8, 4) is 11.1 Å². The first-order chi connectivity index (χ1) is 16.5. The van der Waals surface area contributed by atoms with Gasteiger partial charge in [0, 0.05) is 48.8 Å². The van der Waals surface area contributed by atoms with E-state index in [2.05, 4.69) is 44.0 Å². The number of aryl methyl sites for hydroxylation is 1. The van der Waals surface area contributed by atoms with E-state index in [0.29, 0.717) is 12.0 Å². The van der Waals surface area contributed by atoms with Crippen molar-refractivity contribution in [3.63, 3.8) is 0 Å². The van der Waals surface area contributed by atoms with Gasteiger partial charge >= 0.3 is 0 Å². The van der Waals surface area contributed by atoms with Crippen LogP contribution >= 0.6 is 0 Å². The second-order valence-electron chi connectivity index (χ2n) is 10.00. The van der Waals surface area contributed by atoms with Gasteiger partial charge in [0.2, 0.25) is 5.95 Å². The van der Waals surface area contributed by atoms with Gasteiger partial charge in [-0.15, -0.1) is 5.10 Å². The number of fused-ring (bicyclic) bond motifs is 2. The van der Waals surface area contributed by atoms with Crippen molar-refractivity contribution in [1.29, 1.82) is 0 Å². The normalized spacial score (nSPS) is 24.1. The van der Waals surface area contributed by atoms with Crippen LogP contribution in [-0.2, 0) is 4.74 Å². The topological polar surface area (TPSA) is 102 Å². The van der Waals surface area contributed by atoms with Gasteiger partial charge in [0.15, 0.2) is 5.65 Å². The zero-order valence-corrected chi connectivity index (χ0v) is 19.7. The summed E-state index contributed by atoms with van der Waals surface area (Å²) in [6, 6.07) is 4.93. The Hall–Kier alpha value is -3.04. The van der Waals surface area contributed by atoms with Crippen LogP contribution in [0.25, 0.3) is 27.8 Å². The van der Waals surface area contributed by atoms with Crippen molar-refractivity contribution in [2.24, 2.45) is 0 Å². The Kier molecular flexibility index (Phi) is 5.26. The smallest absolute Gasteiger partial charge is 0.241 e. The summed E-state index contributed by atoms with van der Waals surface area (Å²) in [5.41, 5.74) is 4.31. The predicted octanol–water partition coefficient (Wildman–Crippen LogP) is 3.91. The number of hydrogen-bond acceptors (Lipinski definition) is 7. The Labute approximate surface area is 198 Å². The molecule has 5 heterocycles. The van der Waals surface area contributed by atoms with Crippen molar-refractivity contribution in [3.05, 3.63) is 36.5 Å². The third kappa shape index (κ3) is 3.92. The molecule has 0 amide bonds. The van der Waals surface area contributed by atoms with E-state index < -0.39 is 5.60 Å². The highest BCUT2D eigenvalue weighted by Crippen LogP contribution is 2.32. The molecule has 0 atom stereocenters. The van der Waals surface area contributed by atoms with Crippen LogP contribution in [0, 0.1) is 6.92 Å². The zero-order chi connectivity index (χ0) is 23.3. The van der Waals surface area contributed by atoms with Crippen LogP contribution in [0.3, 0.4) is 0 Å². The molecule has 2 aliphatic rings. The summed E-state index contributed by atoms with van der Waals surface area (Å²) in [6.45, 7) is 5.54. The first-order valence-corrected chi connectivity index (χ1v) is 12.2. The van der Waals surface area contributed by atoms with Gasteiger partial charge in [-0.3, -0.25) is 0 Å². The molecule has 0 radical (unpaired) electrons. The largest absolute Gasteiger partial charge is 0.390 e. The van der Waals surface area contributed by atoms with Crippen LogP contribution in [0.5, 0.6) is 0 Å². The molecule has 0 unspecified atom stereocenters. The molecule has 0 aromatic carbocycles. The molecule has 2 fully saturated rings. The fourth-order valence-corrected chi connectivity index (χ4v) is 5.42. The highest BCUT2D eigenvalue weighted by atomic mass is 16.5. The fraction of sp³-hybridized carbons (Fsp3) is 0.520. The Morgan fingerprint density at radius 3 is 2.68 bits per heavy atom. The first kappa shape index (κ1) is 21.5. The van der Waals surface area contributed by atoms with Crippen LogP contribution in [0.1, 0.15) is 57.3 Å². The van der Waals surface area contributed by atoms with Crippen LogP contribution in [0.15, 0.2) is 30.7 Å². The highest BCUT2D eigenvalue weighted by molar-refractivity contribution is 5.85. The Morgan fingerprint density at radius 2 is 1.88 bits per heavy atom. The van der Waals surface area contributed by atoms with E-state index in [1.807, 2.05) is 30.0 Å². The lowest BCUT2D eigenvalue weighted by Crippen LogP contribution is -2.36. The third-order valence-corrected chi connectivity index (χ3v) is 7.40. The molecule has 1 saturated heterocycles. The number of pyridine rings is 1. The molecule has 0 bridgehead atoms. The molecule has 1 aliphatic heterocycles. The van der Waals surface area contributed by atoms with Gasteiger partial charge in [-0.2, -0.15) is 0 Å². The molecule has 9 nitrogen and oxygen atoms in total. The Balaban J connectivity index is 1.29. The molecule has 6 rings (SSSR count). The number of imidazole rings is 1. The molecule has 1 saturated carbocycles. The first-order valence-electron chi connectivity index (χ1n) is 12.2. The van der Waals surface area contributed by atoms with E-state index in [-0.39, 0.29) is 6.04 Å². The second kappa shape index (κ2) is 8.32. The monoisotopic (exact) mass is 461 g/mol. The average molecular weight is 462 g/mol. The van der Waals surface area contributed by atoms with Gasteiger partial charge in [0.1, 0.15) is 5.82 Å². The predicted molar refractivity (Wildman–Crippen MR) is 130 cm³/mol. The molecule has 4 aromatic heterocycles. The Morgan fingerprint density at radius 1 is 1.09 bits per heavy atom. The van der Waals surface area contributed by atoms with E-state index in [1.165, 1.54) is 0 Å². The van der Waals surface area contributed by atoms with Gasteiger partial charge in [-0.05, 0) is 64.5 Å². The van der Waals surface area contributed by atoms with E-state index in [0.717, 1.165) is 85.4 Å². The van der Waals surface area contributed by atoms with Crippen molar-refractivity contribution < 1.29 is 9.84 Å². The fourth-order valence-electron chi connectivity index (χ4n) is 5.42. The van der Waals surface area contributed by atoms with Crippen LogP contribution in [-0.4, -0.2) is 59.1 Å². The van der Waals surface area contributed by atoms with E-state index in [4.69, 9.17) is 9.72 Å². The maximum absolute atomic E-state index is 10.2. The van der Waals surface area contributed by atoms with E-state index >= 15 is 0 Å². The number of aromatic nitrogens is 6. The second-order valence-corrected chi connectivity index (χ2v) is 10.00. The molecule has 178 valence electrons. The summed E-state index contributed by atoms with van der Waals surface area (Å²) in [4.78, 5) is 14.0. The molecule has 9 heteroatoms. The van der Waals surface area contributed by atoms with Crippen molar-refractivity contribution in [2.45, 2.75) is 70.1 Å². The number of rotatable bonds is 4. The van der Waals surface area contributed by atoms with Crippen LogP contribution < -0.4 is 5.32 Å². The lowest BCUT2D eigenvalue weighted by Gasteiger charge is -2.33. The summed E-state index contributed by atoms with van der Waals surface area (Å²) < 4.78 is 9.76. The standard InChI is InChI=1S/C25H31N7O2/c1-16-28-23-21(32(16)19-6-11-34-12-7-19)13-17(14-26-23)20-5-10-31-22(20)15-27-24(30-31)29-18-3-8-25(2,33)9-4-18/h5,10,13-15,18-19,33H,3-4,6-9,11-12H2,1-2H3,(H,29,30). The number of aliphatic hydroxyl groups is 1. The summed E-state index contributed by atoms with van der Waals surface area (Å²) in [5, 5.41) is 18.3. The van der Waals surface area contributed by atoms with Crippen molar-refractivity contribution >= 4 is 22.6 Å². The lowest BCUT2D eigenvalue weighted by molar-refractivity contribution is 0.0195. The number of nitrogens with one attached hydrogen (secondary N) is 1. The highest BCUT2D eigenvalue weighted by Gasteiger charge is 2.29. The molecular formula is C25H31N7O2. The molecule has 0 spiro atoms. The van der Waals surface area contributed by atoms with Gasteiger partial charge in [0.25, 0.3) is 0 Å². The van der Waals surface area contributed by atoms with E-state index in [1.54, 1.807) is 0 Å². The quantitative estimate of drug-likeness (QED) is 0.475. The van der Waals surface area contributed by atoms with Crippen molar-refractivity contribution in [1.82, 2.24) is 29.1 Å². The number of hydrogen-bond donors (Lipinski definition) is 2. The zero-order valence-electron chi connectivity index (χ0n) is 19.7. The van der Waals surface area contributed by atoms with Gasteiger partial charge < -0.3 is 19.7 Å². The minimum atomic E-state index is -0.549. The van der Waals surface area contributed by atoms with E-state index in [9.17, 15) is 5.11 Å². The molecule has 34 heavy (non-hydrogen) atoms. The summed E-state index contributed by atoms with van der Waals surface area (Å²) >= 11 is 0. The molecule has 4 aromatic rings. The summed E-state index contributed by atoms with van der Waals surface area (Å²) in [6.07, 6.45) is 11.1. The number of anilines is 1. The maximum Gasteiger partial charge on any atom is 0.241 e. The molecular weight excluding hydrogens is 430 g/mol. The molecule has 1 aliphatic carbocycles. The SMILES string of the molecule is Cc1nc2ncc(-c3ccn4nc(NC5CCC(C)(O)CC5)ncc34)cc2n1C1CCOCC1. The van der Waals surface area contributed by atoms with Gasteiger partial charge in [0.05, 0.1) is 22.8 Å². The lowest BCUT2D eigenvalue weighted by atomic mass is 9.84. The molecule has 2 N–H and O–H groups in total. The summed E-state index contributed by atoms with van der Waals surface area (Å²) in [5.74, 6) is 1.61. The number of nitrogens with zero attached hydrogens (tertiary/aromatic N) is 6. The third-order valence-electron chi connectivity index (χ3n) is 7.40. The summed E-state index contributed by atoms with van der Waals surface area (Å²) in [7, 11) is 0. The Bertz CT molecular complexity index is 1330. The van der Waals surface area contributed by atoms with Crippen molar-refractivity contribution in [2.75, 3.05) is 18.5 Å². The average Bonchev–Trinajstić information content (AvgIpc) is 3.40. The maximum atomic E-state index is 10.2. The van der Waals surface area contributed by atoms with Gasteiger partial charge in [-0.25, -0.2) is 19.5 Å².